The van der Waals surface area contributed by atoms with Crippen molar-refractivity contribution in [3.05, 3.63) is 15.6 Å². The minimum atomic E-state index is -0.349. The predicted octanol–water partition coefficient (Wildman–Crippen LogP) is 1.83. The van der Waals surface area contributed by atoms with Gasteiger partial charge in [-0.05, 0) is 13.8 Å². The SMILES string of the molecule is CCOC(=O)c1nc(CCOCCOC)sc1C. The highest BCUT2D eigenvalue weighted by molar-refractivity contribution is 7.11. The van der Waals surface area contributed by atoms with Crippen LogP contribution in [0.25, 0.3) is 0 Å². The molecule has 1 aromatic rings. The summed E-state index contributed by atoms with van der Waals surface area (Å²) in [5, 5.41) is 0.896. The Morgan fingerprint density at radius 1 is 1.33 bits per heavy atom. The second-order valence-electron chi connectivity index (χ2n) is 3.59. The van der Waals surface area contributed by atoms with Gasteiger partial charge in [0, 0.05) is 18.4 Å². The van der Waals surface area contributed by atoms with Crippen LogP contribution >= 0.6 is 11.3 Å². The van der Waals surface area contributed by atoms with Crippen molar-refractivity contribution in [2.45, 2.75) is 20.3 Å². The highest BCUT2D eigenvalue weighted by atomic mass is 32.1. The number of hydrogen-bond acceptors (Lipinski definition) is 6. The summed E-state index contributed by atoms with van der Waals surface area (Å²) in [6, 6.07) is 0. The Bertz CT molecular complexity index is 378. The van der Waals surface area contributed by atoms with Crippen LogP contribution < -0.4 is 0 Å². The van der Waals surface area contributed by atoms with E-state index in [1.165, 1.54) is 11.3 Å². The van der Waals surface area contributed by atoms with Crippen molar-refractivity contribution in [2.24, 2.45) is 0 Å². The number of thiazole rings is 1. The van der Waals surface area contributed by atoms with Crippen LogP contribution in [0, 0.1) is 6.92 Å². The summed E-state index contributed by atoms with van der Waals surface area (Å²) in [6.07, 6.45) is 0.703. The molecule has 0 radical (unpaired) electrons. The van der Waals surface area contributed by atoms with E-state index in [0.717, 1.165) is 9.88 Å². The number of nitrogens with zero attached hydrogens (tertiary/aromatic N) is 1. The summed E-state index contributed by atoms with van der Waals surface area (Å²) in [7, 11) is 1.64. The van der Waals surface area contributed by atoms with E-state index in [1.54, 1.807) is 14.0 Å². The normalized spacial score (nSPS) is 10.6. The van der Waals surface area contributed by atoms with E-state index in [-0.39, 0.29) is 5.97 Å². The molecule has 0 aromatic carbocycles. The Labute approximate surface area is 111 Å². The number of esters is 1. The first-order valence-electron chi connectivity index (χ1n) is 5.89. The second-order valence-corrected chi connectivity index (χ2v) is 4.88. The van der Waals surface area contributed by atoms with E-state index in [4.69, 9.17) is 14.2 Å². The summed E-state index contributed by atoms with van der Waals surface area (Å²) in [6.45, 7) is 5.77. The molecule has 1 aromatic heterocycles. The molecule has 0 aliphatic carbocycles. The van der Waals surface area contributed by atoms with Crippen molar-refractivity contribution >= 4 is 17.3 Å². The Morgan fingerprint density at radius 2 is 2.11 bits per heavy atom. The quantitative estimate of drug-likeness (QED) is 0.534. The van der Waals surface area contributed by atoms with Gasteiger partial charge < -0.3 is 14.2 Å². The summed E-state index contributed by atoms with van der Waals surface area (Å²) in [4.78, 5) is 16.7. The van der Waals surface area contributed by atoms with Crippen molar-refractivity contribution in [1.29, 1.82) is 0 Å². The molecule has 0 aliphatic heterocycles. The highest BCUT2D eigenvalue weighted by Crippen LogP contribution is 2.18. The Kier molecular flexibility index (Phi) is 6.85. The summed E-state index contributed by atoms with van der Waals surface area (Å²) in [5.41, 5.74) is 0.425. The third-order valence-electron chi connectivity index (χ3n) is 2.20. The zero-order chi connectivity index (χ0) is 13.4. The fourth-order valence-corrected chi connectivity index (χ4v) is 2.25. The van der Waals surface area contributed by atoms with Gasteiger partial charge in [-0.1, -0.05) is 0 Å². The second kappa shape index (κ2) is 8.18. The number of rotatable bonds is 8. The number of carbonyl (C=O) groups is 1. The lowest BCUT2D eigenvalue weighted by atomic mass is 10.4. The largest absolute Gasteiger partial charge is 0.461 e. The third kappa shape index (κ3) is 4.72. The van der Waals surface area contributed by atoms with Gasteiger partial charge in [0.25, 0.3) is 0 Å². The van der Waals surface area contributed by atoms with Crippen LogP contribution in [-0.4, -0.2) is 44.5 Å². The Morgan fingerprint density at radius 3 is 2.78 bits per heavy atom. The van der Waals surface area contributed by atoms with Crippen LogP contribution in [0.5, 0.6) is 0 Å². The van der Waals surface area contributed by atoms with Gasteiger partial charge in [-0.3, -0.25) is 0 Å². The minimum Gasteiger partial charge on any atom is -0.461 e. The average Bonchev–Trinajstić information content (AvgIpc) is 2.71. The molecular weight excluding hydrogens is 254 g/mol. The third-order valence-corrected chi connectivity index (χ3v) is 3.23. The van der Waals surface area contributed by atoms with Gasteiger partial charge in [0.2, 0.25) is 0 Å². The molecular formula is C12H19NO4S. The zero-order valence-electron chi connectivity index (χ0n) is 11.0. The maximum atomic E-state index is 11.6. The monoisotopic (exact) mass is 273 g/mol. The Balaban J connectivity index is 2.43. The molecule has 0 bridgehead atoms. The van der Waals surface area contributed by atoms with Crippen molar-refractivity contribution in [1.82, 2.24) is 4.98 Å². The van der Waals surface area contributed by atoms with Gasteiger partial charge in [-0.15, -0.1) is 11.3 Å². The van der Waals surface area contributed by atoms with Crippen LogP contribution in [0.2, 0.25) is 0 Å². The molecule has 0 saturated carbocycles. The molecule has 0 spiro atoms. The molecule has 1 rings (SSSR count). The first kappa shape index (κ1) is 15.1. The summed E-state index contributed by atoms with van der Waals surface area (Å²) >= 11 is 1.51. The van der Waals surface area contributed by atoms with E-state index in [1.807, 2.05) is 6.92 Å². The number of hydrogen-bond donors (Lipinski definition) is 0. The van der Waals surface area contributed by atoms with E-state index in [9.17, 15) is 4.79 Å². The fourth-order valence-electron chi connectivity index (χ4n) is 1.35. The van der Waals surface area contributed by atoms with Gasteiger partial charge in [-0.25, -0.2) is 9.78 Å². The van der Waals surface area contributed by atoms with Gasteiger partial charge in [0.05, 0.1) is 31.4 Å². The van der Waals surface area contributed by atoms with Crippen LogP contribution in [0.3, 0.4) is 0 Å². The molecule has 0 saturated heterocycles. The molecule has 18 heavy (non-hydrogen) atoms. The highest BCUT2D eigenvalue weighted by Gasteiger charge is 2.15. The first-order chi connectivity index (χ1) is 8.69. The van der Waals surface area contributed by atoms with Crippen LogP contribution in [0.15, 0.2) is 0 Å². The summed E-state index contributed by atoms with van der Waals surface area (Å²) in [5.74, 6) is -0.349. The lowest BCUT2D eigenvalue weighted by molar-refractivity contribution is 0.0519. The van der Waals surface area contributed by atoms with Gasteiger partial charge in [-0.2, -0.15) is 0 Å². The lowest BCUT2D eigenvalue weighted by Crippen LogP contribution is -2.07. The van der Waals surface area contributed by atoms with Crippen molar-refractivity contribution < 1.29 is 19.0 Å². The molecule has 0 aliphatic rings. The molecule has 1 heterocycles. The standard InChI is InChI=1S/C12H19NO4S/c1-4-17-12(14)11-9(2)18-10(13-11)5-6-16-8-7-15-3/h4-8H2,1-3H3. The fraction of sp³-hybridized carbons (Fsp3) is 0.667. The maximum absolute atomic E-state index is 11.6. The molecule has 0 amide bonds. The minimum absolute atomic E-state index is 0.349. The van der Waals surface area contributed by atoms with E-state index in [0.29, 0.717) is 38.5 Å². The molecule has 102 valence electrons. The van der Waals surface area contributed by atoms with Crippen LogP contribution in [0.1, 0.15) is 27.3 Å². The number of aryl methyl sites for hydroxylation is 1. The number of methoxy groups -OCH3 is 1. The van der Waals surface area contributed by atoms with E-state index in [2.05, 4.69) is 4.98 Å². The number of aromatic nitrogens is 1. The zero-order valence-corrected chi connectivity index (χ0v) is 11.8. The molecule has 0 atom stereocenters. The topological polar surface area (TPSA) is 57.7 Å². The van der Waals surface area contributed by atoms with Crippen molar-refractivity contribution in [3.63, 3.8) is 0 Å². The predicted molar refractivity (Wildman–Crippen MR) is 69.2 cm³/mol. The maximum Gasteiger partial charge on any atom is 0.358 e. The molecule has 0 N–H and O–H groups in total. The van der Waals surface area contributed by atoms with Crippen LogP contribution in [0.4, 0.5) is 0 Å². The van der Waals surface area contributed by atoms with Gasteiger partial charge in [0.1, 0.15) is 0 Å². The van der Waals surface area contributed by atoms with Gasteiger partial charge >= 0.3 is 5.97 Å². The lowest BCUT2D eigenvalue weighted by Gasteiger charge is -2.01. The van der Waals surface area contributed by atoms with Crippen molar-refractivity contribution in [2.75, 3.05) is 33.5 Å². The smallest absolute Gasteiger partial charge is 0.358 e. The molecule has 0 fully saturated rings. The van der Waals surface area contributed by atoms with Crippen molar-refractivity contribution in [3.8, 4) is 0 Å². The summed E-state index contributed by atoms with van der Waals surface area (Å²) < 4.78 is 15.2. The molecule has 0 unspecified atom stereocenters. The first-order valence-corrected chi connectivity index (χ1v) is 6.70. The van der Waals surface area contributed by atoms with Crippen LogP contribution in [-0.2, 0) is 20.6 Å². The molecule has 6 heteroatoms. The van der Waals surface area contributed by atoms with E-state index < -0.39 is 0 Å². The average molecular weight is 273 g/mol. The number of carbonyl (C=O) groups excluding carboxylic acids is 1. The van der Waals surface area contributed by atoms with Gasteiger partial charge in [0.15, 0.2) is 5.69 Å². The van der Waals surface area contributed by atoms with E-state index >= 15 is 0 Å². The Hall–Kier alpha value is -0.980. The number of ether oxygens (including phenoxy) is 3. The molecule has 5 nitrogen and oxygen atoms in total.